The van der Waals surface area contributed by atoms with Crippen molar-refractivity contribution in [3.63, 3.8) is 0 Å². The quantitative estimate of drug-likeness (QED) is 0.844. The zero-order chi connectivity index (χ0) is 14.4. The van der Waals surface area contributed by atoms with E-state index in [2.05, 4.69) is 5.32 Å². The highest BCUT2D eigenvalue weighted by Crippen LogP contribution is 2.11. The first-order chi connectivity index (χ1) is 9.63. The van der Waals surface area contributed by atoms with Crippen LogP contribution in [-0.2, 0) is 9.53 Å². The monoisotopic (exact) mass is 277 g/mol. The van der Waals surface area contributed by atoms with Crippen molar-refractivity contribution >= 4 is 11.6 Å². The predicted octanol–water partition coefficient (Wildman–Crippen LogP) is 1.02. The van der Waals surface area contributed by atoms with Crippen LogP contribution in [0.4, 0.5) is 5.69 Å². The molecular weight excluding hydrogens is 252 g/mol. The molecule has 4 heteroatoms. The van der Waals surface area contributed by atoms with Gasteiger partial charge in [0.15, 0.2) is 6.54 Å². The van der Waals surface area contributed by atoms with Gasteiger partial charge in [0.1, 0.15) is 12.6 Å². The molecule has 0 saturated carbocycles. The van der Waals surface area contributed by atoms with Gasteiger partial charge in [0.25, 0.3) is 5.91 Å². The van der Waals surface area contributed by atoms with Crippen LogP contribution in [0, 0.1) is 6.92 Å². The first kappa shape index (κ1) is 15.0. The number of benzene rings is 1. The second kappa shape index (κ2) is 7.41. The van der Waals surface area contributed by atoms with Gasteiger partial charge in [0.2, 0.25) is 0 Å². The lowest BCUT2D eigenvalue weighted by Crippen LogP contribution is -3.11. The van der Waals surface area contributed by atoms with Crippen LogP contribution in [0.25, 0.3) is 0 Å². The maximum absolute atomic E-state index is 12.0. The number of likely N-dealkylation sites (N-methyl/N-ethyl adjacent to an activating group) is 1. The minimum atomic E-state index is 0.0576. The molecule has 4 nitrogen and oxygen atoms in total. The molecule has 0 spiro atoms. The van der Waals surface area contributed by atoms with Crippen molar-refractivity contribution < 1.29 is 14.4 Å². The molecule has 20 heavy (non-hydrogen) atoms. The maximum Gasteiger partial charge on any atom is 0.279 e. The van der Waals surface area contributed by atoms with E-state index in [9.17, 15) is 4.79 Å². The number of carbonyl (C=O) groups is 1. The Bertz CT molecular complexity index is 425. The zero-order valence-electron chi connectivity index (χ0n) is 12.4. The van der Waals surface area contributed by atoms with Crippen LogP contribution in [-0.4, -0.2) is 38.8 Å². The summed E-state index contributed by atoms with van der Waals surface area (Å²) in [5.41, 5.74) is 2.06. The SMILES string of the molecule is Cc1ccc(NC(=O)C[NH+](C)C[C@H]2CCCCO2)cc1. The first-order valence-electron chi connectivity index (χ1n) is 7.43. The largest absolute Gasteiger partial charge is 0.372 e. The minimum Gasteiger partial charge on any atom is -0.372 e. The molecule has 0 aromatic heterocycles. The van der Waals surface area contributed by atoms with Gasteiger partial charge in [-0.1, -0.05) is 17.7 Å². The Morgan fingerprint density at radius 3 is 2.75 bits per heavy atom. The molecule has 1 aromatic carbocycles. The van der Waals surface area contributed by atoms with Gasteiger partial charge < -0.3 is 15.0 Å². The fourth-order valence-corrected chi connectivity index (χ4v) is 2.55. The Kier molecular flexibility index (Phi) is 5.56. The Morgan fingerprint density at radius 2 is 2.10 bits per heavy atom. The molecule has 2 rings (SSSR count). The summed E-state index contributed by atoms with van der Waals surface area (Å²) >= 11 is 0. The Morgan fingerprint density at radius 1 is 1.35 bits per heavy atom. The molecule has 1 aromatic rings. The van der Waals surface area contributed by atoms with Gasteiger partial charge in [-0.15, -0.1) is 0 Å². The van der Waals surface area contributed by atoms with Crippen molar-refractivity contribution in [1.82, 2.24) is 0 Å². The molecule has 0 aliphatic carbocycles. The van der Waals surface area contributed by atoms with Crippen LogP contribution >= 0.6 is 0 Å². The topological polar surface area (TPSA) is 42.8 Å². The number of quaternary nitrogens is 1. The summed E-state index contributed by atoms with van der Waals surface area (Å²) in [4.78, 5) is 13.2. The van der Waals surface area contributed by atoms with Crippen molar-refractivity contribution in [2.45, 2.75) is 32.3 Å². The Balaban J connectivity index is 1.74. The summed E-state index contributed by atoms with van der Waals surface area (Å²) in [6.07, 6.45) is 3.85. The van der Waals surface area contributed by atoms with Gasteiger partial charge in [0.05, 0.1) is 7.05 Å². The lowest BCUT2D eigenvalue weighted by atomic mass is 10.1. The normalized spacial score (nSPS) is 20.4. The number of hydrogen-bond acceptors (Lipinski definition) is 2. The molecule has 1 amide bonds. The van der Waals surface area contributed by atoms with Crippen LogP contribution in [0.3, 0.4) is 0 Å². The van der Waals surface area contributed by atoms with Crippen molar-refractivity contribution in [2.75, 3.05) is 32.1 Å². The van der Waals surface area contributed by atoms with E-state index in [4.69, 9.17) is 4.74 Å². The molecule has 1 aliphatic heterocycles. The standard InChI is InChI=1S/C16H24N2O2/c1-13-6-8-14(9-7-13)17-16(19)12-18(2)11-15-5-3-4-10-20-15/h6-9,15H,3-5,10-12H2,1-2H3,(H,17,19)/p+1/t15-/m1/s1. The average Bonchev–Trinajstić information content (AvgIpc) is 2.42. The van der Waals surface area contributed by atoms with Crippen LogP contribution in [0.2, 0.25) is 0 Å². The van der Waals surface area contributed by atoms with Crippen molar-refractivity contribution in [3.8, 4) is 0 Å². The van der Waals surface area contributed by atoms with Crippen LogP contribution in [0.1, 0.15) is 24.8 Å². The van der Waals surface area contributed by atoms with E-state index in [0.29, 0.717) is 12.6 Å². The lowest BCUT2D eigenvalue weighted by Gasteiger charge is -2.24. The number of carbonyl (C=O) groups excluding carboxylic acids is 1. The molecule has 0 radical (unpaired) electrons. The smallest absolute Gasteiger partial charge is 0.279 e. The summed E-state index contributed by atoms with van der Waals surface area (Å²) in [7, 11) is 2.05. The first-order valence-corrected chi connectivity index (χ1v) is 7.43. The minimum absolute atomic E-state index is 0.0576. The van der Waals surface area contributed by atoms with Crippen LogP contribution in [0.5, 0.6) is 0 Å². The molecule has 1 saturated heterocycles. The van der Waals surface area contributed by atoms with Gasteiger partial charge in [-0.25, -0.2) is 0 Å². The third kappa shape index (κ3) is 4.94. The molecule has 110 valence electrons. The molecule has 1 unspecified atom stereocenters. The third-order valence-corrected chi connectivity index (χ3v) is 3.65. The molecule has 1 aliphatic rings. The highest BCUT2D eigenvalue weighted by Gasteiger charge is 2.19. The number of anilines is 1. The van der Waals surface area contributed by atoms with Gasteiger partial charge in [0, 0.05) is 12.3 Å². The molecule has 2 atom stereocenters. The number of rotatable bonds is 5. The van der Waals surface area contributed by atoms with Gasteiger partial charge >= 0.3 is 0 Å². The van der Waals surface area contributed by atoms with E-state index >= 15 is 0 Å². The van der Waals surface area contributed by atoms with Gasteiger partial charge in [-0.3, -0.25) is 4.79 Å². The third-order valence-electron chi connectivity index (χ3n) is 3.65. The number of amides is 1. The summed E-state index contributed by atoms with van der Waals surface area (Å²) < 4.78 is 5.71. The number of hydrogen-bond donors (Lipinski definition) is 2. The molecule has 1 fully saturated rings. The van der Waals surface area contributed by atoms with Crippen molar-refractivity contribution in [2.24, 2.45) is 0 Å². The fraction of sp³-hybridized carbons (Fsp3) is 0.562. The van der Waals surface area contributed by atoms with Gasteiger partial charge in [-0.2, -0.15) is 0 Å². The Hall–Kier alpha value is -1.39. The summed E-state index contributed by atoms with van der Waals surface area (Å²) in [6, 6.07) is 7.88. The number of aryl methyl sites for hydroxylation is 1. The highest BCUT2D eigenvalue weighted by atomic mass is 16.5. The van der Waals surface area contributed by atoms with Crippen LogP contribution in [0.15, 0.2) is 24.3 Å². The summed E-state index contributed by atoms with van der Waals surface area (Å²) in [5.74, 6) is 0.0576. The second-order valence-corrected chi connectivity index (χ2v) is 5.74. The van der Waals surface area contributed by atoms with E-state index in [1.54, 1.807) is 0 Å². The Labute approximate surface area is 121 Å². The molecular formula is C16H25N2O2+. The molecule has 0 bridgehead atoms. The maximum atomic E-state index is 12.0. The van der Waals surface area contributed by atoms with E-state index in [1.807, 2.05) is 38.2 Å². The lowest BCUT2D eigenvalue weighted by molar-refractivity contribution is -0.874. The highest BCUT2D eigenvalue weighted by molar-refractivity contribution is 5.91. The van der Waals surface area contributed by atoms with Gasteiger partial charge in [-0.05, 0) is 38.3 Å². The second-order valence-electron chi connectivity index (χ2n) is 5.74. The van der Waals surface area contributed by atoms with Crippen molar-refractivity contribution in [3.05, 3.63) is 29.8 Å². The zero-order valence-corrected chi connectivity index (χ0v) is 12.4. The van der Waals surface area contributed by atoms with E-state index in [1.165, 1.54) is 23.3 Å². The van der Waals surface area contributed by atoms with Crippen LogP contribution < -0.4 is 10.2 Å². The average molecular weight is 277 g/mol. The number of nitrogens with one attached hydrogen (secondary N) is 2. The fourth-order valence-electron chi connectivity index (χ4n) is 2.55. The predicted molar refractivity (Wildman–Crippen MR) is 80.0 cm³/mol. The summed E-state index contributed by atoms with van der Waals surface area (Å²) in [5, 5.41) is 2.94. The van der Waals surface area contributed by atoms with E-state index in [-0.39, 0.29) is 5.91 Å². The van der Waals surface area contributed by atoms with E-state index in [0.717, 1.165) is 25.3 Å². The van der Waals surface area contributed by atoms with E-state index < -0.39 is 0 Å². The number of ether oxygens (including phenoxy) is 1. The molecule has 1 heterocycles. The summed E-state index contributed by atoms with van der Waals surface area (Å²) in [6.45, 7) is 4.29. The molecule has 2 N–H and O–H groups in total. The van der Waals surface area contributed by atoms with Crippen molar-refractivity contribution in [1.29, 1.82) is 0 Å².